The van der Waals surface area contributed by atoms with E-state index in [-0.39, 0.29) is 6.54 Å². The van der Waals surface area contributed by atoms with Gasteiger partial charge in [0.1, 0.15) is 6.04 Å². The van der Waals surface area contributed by atoms with E-state index in [1.165, 1.54) is 0 Å². The third kappa shape index (κ3) is 5.48. The fraction of sp³-hybridized carbons (Fsp3) is 0.273. The maximum absolute atomic E-state index is 11.5. The number of carbonyl (C=O) groups excluding carboxylic acids is 2. The van der Waals surface area contributed by atoms with Crippen LogP contribution in [0.25, 0.3) is 0 Å². The average Bonchev–Trinajstić information content (AvgIpc) is 2.36. The Morgan fingerprint density at radius 1 is 1.32 bits per heavy atom. The third-order valence-corrected chi connectivity index (χ3v) is 2.21. The van der Waals surface area contributed by atoms with Crippen LogP contribution in [0, 0.1) is 0 Å². The Morgan fingerprint density at radius 3 is 2.47 bits per heavy atom. The topological polar surface area (TPSA) is 134 Å². The summed E-state index contributed by atoms with van der Waals surface area (Å²) >= 11 is 0. The molecule has 1 heterocycles. The van der Waals surface area contributed by atoms with E-state index in [9.17, 15) is 14.4 Å². The molecule has 19 heavy (non-hydrogen) atoms. The number of nitrogens with two attached hydrogens (primary N) is 1. The minimum absolute atomic E-state index is 0.220. The Morgan fingerprint density at radius 2 is 1.95 bits per heavy atom. The molecule has 3 amide bonds. The summed E-state index contributed by atoms with van der Waals surface area (Å²) in [7, 11) is 0. The maximum atomic E-state index is 11.5. The quantitative estimate of drug-likeness (QED) is 0.535. The molecule has 1 aromatic heterocycles. The molecule has 0 bridgehead atoms. The molecule has 1 unspecified atom stereocenters. The van der Waals surface area contributed by atoms with E-state index in [0.717, 1.165) is 5.56 Å². The van der Waals surface area contributed by atoms with Crippen LogP contribution in [0.15, 0.2) is 24.5 Å². The zero-order chi connectivity index (χ0) is 14.3. The van der Waals surface area contributed by atoms with Gasteiger partial charge < -0.3 is 21.5 Å². The van der Waals surface area contributed by atoms with Crippen LogP contribution in [-0.4, -0.2) is 34.0 Å². The third-order valence-electron chi connectivity index (χ3n) is 2.21. The normalized spacial score (nSPS) is 11.4. The second-order valence-corrected chi connectivity index (χ2v) is 3.74. The average molecular weight is 266 g/mol. The van der Waals surface area contributed by atoms with Gasteiger partial charge in [0.15, 0.2) is 0 Å². The van der Waals surface area contributed by atoms with Gasteiger partial charge in [-0.15, -0.1) is 0 Å². The lowest BCUT2D eigenvalue weighted by Gasteiger charge is -2.13. The summed E-state index contributed by atoms with van der Waals surface area (Å²) in [6.45, 7) is 0.220. The van der Waals surface area contributed by atoms with Gasteiger partial charge in [0.25, 0.3) is 0 Å². The van der Waals surface area contributed by atoms with Crippen molar-refractivity contribution in [3.63, 3.8) is 0 Å². The van der Waals surface area contributed by atoms with E-state index in [1.807, 2.05) is 0 Å². The number of nitrogens with zero attached hydrogens (tertiary/aromatic N) is 1. The van der Waals surface area contributed by atoms with E-state index < -0.39 is 30.4 Å². The molecule has 102 valence electrons. The zero-order valence-corrected chi connectivity index (χ0v) is 10.00. The molecule has 1 rings (SSSR count). The fourth-order valence-electron chi connectivity index (χ4n) is 1.29. The van der Waals surface area contributed by atoms with Gasteiger partial charge >= 0.3 is 12.0 Å². The van der Waals surface area contributed by atoms with Crippen LogP contribution in [0.4, 0.5) is 4.79 Å². The van der Waals surface area contributed by atoms with Crippen molar-refractivity contribution < 1.29 is 19.5 Å². The Hall–Kier alpha value is -2.64. The number of rotatable bonds is 6. The van der Waals surface area contributed by atoms with Crippen molar-refractivity contribution in [2.45, 2.75) is 19.0 Å². The monoisotopic (exact) mass is 266 g/mol. The largest absolute Gasteiger partial charge is 0.480 e. The van der Waals surface area contributed by atoms with Crippen molar-refractivity contribution in [2.75, 3.05) is 0 Å². The number of pyridine rings is 1. The number of aromatic nitrogens is 1. The van der Waals surface area contributed by atoms with Gasteiger partial charge in [0, 0.05) is 18.9 Å². The van der Waals surface area contributed by atoms with E-state index in [1.54, 1.807) is 24.5 Å². The molecule has 0 aromatic carbocycles. The SMILES string of the molecule is NC(=O)CC(NC(=O)NCc1ccncc1)C(=O)O. The number of carboxylic acid groups (broad SMARTS) is 1. The summed E-state index contributed by atoms with van der Waals surface area (Å²) in [5.74, 6) is -2.13. The number of carboxylic acids is 1. The minimum Gasteiger partial charge on any atom is -0.480 e. The summed E-state index contributed by atoms with van der Waals surface area (Å²) in [6.07, 6.45) is 2.68. The van der Waals surface area contributed by atoms with Crippen molar-refractivity contribution in [1.82, 2.24) is 15.6 Å². The molecule has 8 heteroatoms. The van der Waals surface area contributed by atoms with Gasteiger partial charge in [0.05, 0.1) is 6.42 Å². The van der Waals surface area contributed by atoms with Crippen LogP contribution in [0.5, 0.6) is 0 Å². The first-order chi connectivity index (χ1) is 8.99. The number of hydrogen-bond acceptors (Lipinski definition) is 4. The highest BCUT2D eigenvalue weighted by molar-refractivity contribution is 5.87. The second kappa shape index (κ2) is 6.94. The molecule has 0 fully saturated rings. The highest BCUT2D eigenvalue weighted by atomic mass is 16.4. The number of hydrogen-bond donors (Lipinski definition) is 4. The van der Waals surface area contributed by atoms with Gasteiger partial charge in [-0.25, -0.2) is 9.59 Å². The summed E-state index contributed by atoms with van der Waals surface area (Å²) in [4.78, 5) is 36.7. The van der Waals surface area contributed by atoms with E-state index in [2.05, 4.69) is 15.6 Å². The summed E-state index contributed by atoms with van der Waals surface area (Å²) in [5, 5.41) is 13.4. The molecule has 1 aromatic rings. The van der Waals surface area contributed by atoms with Gasteiger partial charge in [-0.1, -0.05) is 0 Å². The van der Waals surface area contributed by atoms with Crippen LogP contribution in [0.1, 0.15) is 12.0 Å². The number of urea groups is 1. The molecule has 0 aliphatic heterocycles. The molecule has 0 saturated heterocycles. The minimum atomic E-state index is -1.34. The van der Waals surface area contributed by atoms with Crippen molar-refractivity contribution in [1.29, 1.82) is 0 Å². The maximum Gasteiger partial charge on any atom is 0.326 e. The number of amides is 3. The molecule has 0 saturated carbocycles. The van der Waals surface area contributed by atoms with Crippen LogP contribution in [0.2, 0.25) is 0 Å². The van der Waals surface area contributed by atoms with Crippen LogP contribution < -0.4 is 16.4 Å². The van der Waals surface area contributed by atoms with Crippen LogP contribution in [-0.2, 0) is 16.1 Å². The molecular weight excluding hydrogens is 252 g/mol. The predicted octanol–water partition coefficient (Wildman–Crippen LogP) is -0.791. The van der Waals surface area contributed by atoms with Crippen molar-refractivity contribution >= 4 is 17.9 Å². The zero-order valence-electron chi connectivity index (χ0n) is 10.00. The van der Waals surface area contributed by atoms with Crippen molar-refractivity contribution in [3.05, 3.63) is 30.1 Å². The first-order valence-electron chi connectivity index (χ1n) is 5.43. The number of nitrogens with one attached hydrogen (secondary N) is 2. The Kier molecular flexibility index (Phi) is 5.27. The summed E-state index contributed by atoms with van der Waals surface area (Å²) in [6, 6.07) is 1.39. The molecule has 0 aliphatic rings. The van der Waals surface area contributed by atoms with E-state index in [0.29, 0.717) is 0 Å². The lowest BCUT2D eigenvalue weighted by Crippen LogP contribution is -2.47. The lowest BCUT2D eigenvalue weighted by molar-refractivity contribution is -0.140. The first-order valence-corrected chi connectivity index (χ1v) is 5.43. The number of primary amides is 1. The fourth-order valence-corrected chi connectivity index (χ4v) is 1.29. The molecule has 8 nitrogen and oxygen atoms in total. The van der Waals surface area contributed by atoms with Gasteiger partial charge in [0.2, 0.25) is 5.91 Å². The molecule has 1 atom stereocenters. The molecular formula is C11H14N4O4. The molecule has 0 spiro atoms. The smallest absolute Gasteiger partial charge is 0.326 e. The Bertz CT molecular complexity index is 463. The van der Waals surface area contributed by atoms with Gasteiger partial charge in [-0.3, -0.25) is 9.78 Å². The second-order valence-electron chi connectivity index (χ2n) is 3.74. The van der Waals surface area contributed by atoms with E-state index >= 15 is 0 Å². The van der Waals surface area contributed by atoms with Crippen molar-refractivity contribution in [3.8, 4) is 0 Å². The van der Waals surface area contributed by atoms with Crippen LogP contribution in [0.3, 0.4) is 0 Å². The highest BCUT2D eigenvalue weighted by Gasteiger charge is 2.21. The summed E-state index contributed by atoms with van der Waals surface area (Å²) < 4.78 is 0. The standard InChI is InChI=1S/C11H14N4O4/c12-9(16)5-8(10(17)18)15-11(19)14-6-7-1-3-13-4-2-7/h1-4,8H,5-6H2,(H2,12,16)(H,17,18)(H2,14,15,19). The van der Waals surface area contributed by atoms with Crippen LogP contribution >= 0.6 is 0 Å². The Labute approximate surface area is 109 Å². The first kappa shape index (κ1) is 14.4. The number of aliphatic carboxylic acids is 1. The Balaban J connectivity index is 2.45. The van der Waals surface area contributed by atoms with E-state index in [4.69, 9.17) is 10.8 Å². The predicted molar refractivity (Wildman–Crippen MR) is 64.8 cm³/mol. The summed E-state index contributed by atoms with van der Waals surface area (Å²) in [5.41, 5.74) is 5.70. The lowest BCUT2D eigenvalue weighted by atomic mass is 10.2. The molecule has 0 aliphatic carbocycles. The van der Waals surface area contributed by atoms with Gasteiger partial charge in [-0.2, -0.15) is 0 Å². The number of carbonyl (C=O) groups is 3. The highest BCUT2D eigenvalue weighted by Crippen LogP contribution is 1.95. The molecule has 5 N–H and O–H groups in total. The van der Waals surface area contributed by atoms with Gasteiger partial charge in [-0.05, 0) is 17.7 Å². The van der Waals surface area contributed by atoms with Crippen molar-refractivity contribution in [2.24, 2.45) is 5.73 Å². The molecule has 0 radical (unpaired) electrons.